The second kappa shape index (κ2) is 4.66. The van der Waals surface area contributed by atoms with E-state index in [9.17, 15) is 4.79 Å². The molecule has 1 aromatic carbocycles. The van der Waals surface area contributed by atoms with E-state index in [1.807, 2.05) is 25.1 Å². The molecule has 1 aromatic rings. The average molecular weight is 218 g/mol. The van der Waals surface area contributed by atoms with Gasteiger partial charge in [-0.3, -0.25) is 4.79 Å². The highest BCUT2D eigenvalue weighted by molar-refractivity contribution is 6.02. The summed E-state index contributed by atoms with van der Waals surface area (Å²) in [5.41, 5.74) is 8.23. The van der Waals surface area contributed by atoms with E-state index in [1.54, 1.807) is 0 Å². The summed E-state index contributed by atoms with van der Waals surface area (Å²) in [7, 11) is 0. The van der Waals surface area contributed by atoms with E-state index in [4.69, 9.17) is 5.73 Å². The Balaban J connectivity index is 2.22. The molecule has 1 heterocycles. The lowest BCUT2D eigenvalue weighted by molar-refractivity contribution is 0.0900. The number of nitrogens with two attached hydrogens (primary N) is 1. The van der Waals surface area contributed by atoms with Crippen LogP contribution in [0.4, 0.5) is 5.69 Å². The van der Waals surface area contributed by atoms with Crippen molar-refractivity contribution in [2.75, 3.05) is 18.8 Å². The fraction of sp³-hybridized carbons (Fsp3) is 0.462. The fourth-order valence-electron chi connectivity index (χ4n) is 2.18. The van der Waals surface area contributed by atoms with Gasteiger partial charge < -0.3 is 11.1 Å². The number of Topliss-reactive ketones (excluding diaryl/α,β-unsaturated/α-hetero) is 1. The SMILES string of the molecule is Cc1ccc(N)c(C(=O)C2CCCNC2)c1. The van der Waals surface area contributed by atoms with Gasteiger partial charge in [-0.15, -0.1) is 0 Å². The molecule has 0 radical (unpaired) electrons. The second-order valence-corrected chi connectivity index (χ2v) is 4.50. The maximum atomic E-state index is 12.3. The Morgan fingerprint density at radius 2 is 2.31 bits per heavy atom. The first-order chi connectivity index (χ1) is 7.68. The van der Waals surface area contributed by atoms with Gasteiger partial charge in [-0.05, 0) is 38.4 Å². The molecule has 0 amide bonds. The van der Waals surface area contributed by atoms with Crippen LogP contribution in [0.15, 0.2) is 18.2 Å². The van der Waals surface area contributed by atoms with E-state index in [1.165, 1.54) is 0 Å². The summed E-state index contributed by atoms with van der Waals surface area (Å²) in [6.45, 7) is 3.79. The Kier molecular flexibility index (Phi) is 3.25. The molecule has 86 valence electrons. The predicted octanol–water partition coefficient (Wildman–Crippen LogP) is 1.76. The molecule has 0 bridgehead atoms. The third kappa shape index (κ3) is 2.25. The zero-order chi connectivity index (χ0) is 11.5. The number of hydrogen-bond acceptors (Lipinski definition) is 3. The van der Waals surface area contributed by atoms with Gasteiger partial charge in [-0.25, -0.2) is 0 Å². The second-order valence-electron chi connectivity index (χ2n) is 4.50. The summed E-state index contributed by atoms with van der Waals surface area (Å²) in [6, 6.07) is 5.65. The molecular formula is C13H18N2O. The highest BCUT2D eigenvalue weighted by Gasteiger charge is 2.23. The van der Waals surface area contributed by atoms with Crippen LogP contribution < -0.4 is 11.1 Å². The Morgan fingerprint density at radius 1 is 1.50 bits per heavy atom. The molecule has 0 saturated carbocycles. The van der Waals surface area contributed by atoms with Crippen LogP contribution in [0.3, 0.4) is 0 Å². The molecule has 3 nitrogen and oxygen atoms in total. The number of rotatable bonds is 2. The van der Waals surface area contributed by atoms with Crippen molar-refractivity contribution >= 4 is 11.5 Å². The summed E-state index contributed by atoms with van der Waals surface area (Å²) in [5, 5.41) is 3.26. The van der Waals surface area contributed by atoms with Crippen molar-refractivity contribution in [3.63, 3.8) is 0 Å². The fourth-order valence-corrected chi connectivity index (χ4v) is 2.18. The highest BCUT2D eigenvalue weighted by Crippen LogP contribution is 2.21. The van der Waals surface area contributed by atoms with Gasteiger partial charge in [0.15, 0.2) is 5.78 Å². The first-order valence-electron chi connectivity index (χ1n) is 5.79. The molecule has 1 aliphatic rings. The highest BCUT2D eigenvalue weighted by atomic mass is 16.1. The number of ketones is 1. The molecule has 1 unspecified atom stereocenters. The Bertz CT molecular complexity index is 395. The van der Waals surface area contributed by atoms with Gasteiger partial charge in [0.1, 0.15) is 0 Å². The van der Waals surface area contributed by atoms with Crippen molar-refractivity contribution in [1.82, 2.24) is 5.32 Å². The molecule has 16 heavy (non-hydrogen) atoms. The zero-order valence-electron chi connectivity index (χ0n) is 9.62. The topological polar surface area (TPSA) is 55.1 Å². The lowest BCUT2D eigenvalue weighted by Gasteiger charge is -2.22. The third-order valence-corrected chi connectivity index (χ3v) is 3.14. The van der Waals surface area contributed by atoms with Crippen LogP contribution in [0.5, 0.6) is 0 Å². The molecule has 0 aliphatic carbocycles. The molecule has 2 rings (SSSR count). The lowest BCUT2D eigenvalue weighted by Crippen LogP contribution is -2.34. The predicted molar refractivity (Wildman–Crippen MR) is 65.5 cm³/mol. The van der Waals surface area contributed by atoms with E-state index in [-0.39, 0.29) is 11.7 Å². The normalized spacial score (nSPS) is 20.7. The van der Waals surface area contributed by atoms with Crippen molar-refractivity contribution in [3.05, 3.63) is 29.3 Å². The van der Waals surface area contributed by atoms with Gasteiger partial charge >= 0.3 is 0 Å². The third-order valence-electron chi connectivity index (χ3n) is 3.14. The number of aryl methyl sites for hydroxylation is 1. The molecule has 1 fully saturated rings. The van der Waals surface area contributed by atoms with Gasteiger partial charge in [-0.1, -0.05) is 11.6 Å². The minimum atomic E-state index is 0.0952. The lowest BCUT2D eigenvalue weighted by atomic mass is 9.90. The monoisotopic (exact) mass is 218 g/mol. The maximum absolute atomic E-state index is 12.3. The van der Waals surface area contributed by atoms with E-state index >= 15 is 0 Å². The summed E-state index contributed by atoms with van der Waals surface area (Å²) in [4.78, 5) is 12.3. The molecule has 0 aromatic heterocycles. The number of anilines is 1. The van der Waals surface area contributed by atoms with Crippen LogP contribution in [0, 0.1) is 12.8 Å². The number of hydrogen-bond donors (Lipinski definition) is 2. The number of nitrogens with one attached hydrogen (secondary N) is 1. The summed E-state index contributed by atoms with van der Waals surface area (Å²) in [5.74, 6) is 0.284. The number of carbonyl (C=O) groups is 1. The van der Waals surface area contributed by atoms with E-state index in [2.05, 4.69) is 5.32 Å². The van der Waals surface area contributed by atoms with Crippen LogP contribution in [-0.4, -0.2) is 18.9 Å². The van der Waals surface area contributed by atoms with Crippen molar-refractivity contribution in [2.24, 2.45) is 5.92 Å². The van der Waals surface area contributed by atoms with Crippen LogP contribution >= 0.6 is 0 Å². The van der Waals surface area contributed by atoms with Crippen molar-refractivity contribution < 1.29 is 4.79 Å². The Morgan fingerprint density at radius 3 is 3.00 bits per heavy atom. The summed E-state index contributed by atoms with van der Waals surface area (Å²) < 4.78 is 0. The first-order valence-corrected chi connectivity index (χ1v) is 5.79. The van der Waals surface area contributed by atoms with E-state index < -0.39 is 0 Å². The average Bonchev–Trinajstić information content (AvgIpc) is 2.32. The van der Waals surface area contributed by atoms with Gasteiger partial charge in [0.2, 0.25) is 0 Å². The maximum Gasteiger partial charge on any atom is 0.169 e. The minimum Gasteiger partial charge on any atom is -0.398 e. The quantitative estimate of drug-likeness (QED) is 0.587. The number of carbonyl (C=O) groups excluding carboxylic acids is 1. The van der Waals surface area contributed by atoms with Gasteiger partial charge in [0, 0.05) is 23.7 Å². The molecule has 0 spiro atoms. The largest absolute Gasteiger partial charge is 0.398 e. The van der Waals surface area contributed by atoms with Crippen LogP contribution in [0.1, 0.15) is 28.8 Å². The molecule has 3 N–H and O–H groups in total. The smallest absolute Gasteiger partial charge is 0.169 e. The Hall–Kier alpha value is -1.35. The first kappa shape index (κ1) is 11.1. The molecule has 3 heteroatoms. The van der Waals surface area contributed by atoms with Gasteiger partial charge in [-0.2, -0.15) is 0 Å². The van der Waals surface area contributed by atoms with E-state index in [0.717, 1.165) is 31.5 Å². The van der Waals surface area contributed by atoms with Gasteiger partial charge in [0.25, 0.3) is 0 Å². The van der Waals surface area contributed by atoms with Crippen LogP contribution in [0.2, 0.25) is 0 Å². The molecule has 1 atom stereocenters. The minimum absolute atomic E-state index is 0.0952. The molecule has 1 aliphatic heterocycles. The van der Waals surface area contributed by atoms with Gasteiger partial charge in [0.05, 0.1) is 0 Å². The van der Waals surface area contributed by atoms with Crippen LogP contribution in [0.25, 0.3) is 0 Å². The summed E-state index contributed by atoms with van der Waals surface area (Å²) in [6.07, 6.45) is 2.04. The number of benzene rings is 1. The standard InChI is InChI=1S/C13H18N2O/c1-9-4-5-12(14)11(7-9)13(16)10-3-2-6-15-8-10/h4-5,7,10,15H,2-3,6,8,14H2,1H3. The number of nitrogen functional groups attached to an aromatic ring is 1. The van der Waals surface area contributed by atoms with Crippen molar-refractivity contribution in [3.8, 4) is 0 Å². The van der Waals surface area contributed by atoms with E-state index in [0.29, 0.717) is 11.3 Å². The number of piperidine rings is 1. The molecular weight excluding hydrogens is 200 g/mol. The zero-order valence-corrected chi connectivity index (χ0v) is 9.62. The van der Waals surface area contributed by atoms with Crippen LogP contribution in [-0.2, 0) is 0 Å². The molecule has 1 saturated heterocycles. The van der Waals surface area contributed by atoms with Crippen molar-refractivity contribution in [1.29, 1.82) is 0 Å². The summed E-state index contributed by atoms with van der Waals surface area (Å²) >= 11 is 0. The Labute approximate surface area is 96.0 Å². The van der Waals surface area contributed by atoms with Crippen molar-refractivity contribution in [2.45, 2.75) is 19.8 Å².